The Balaban J connectivity index is 3.61. The van der Waals surface area contributed by atoms with Gasteiger partial charge in [-0.15, -0.1) is 0 Å². The van der Waals surface area contributed by atoms with Crippen molar-refractivity contribution in [3.8, 4) is 0 Å². The van der Waals surface area contributed by atoms with Crippen molar-refractivity contribution in [2.24, 2.45) is 0 Å². The van der Waals surface area contributed by atoms with E-state index in [1.54, 1.807) is 26.0 Å². The van der Waals surface area contributed by atoms with Crippen molar-refractivity contribution < 1.29 is 19.1 Å². The number of esters is 2. The van der Waals surface area contributed by atoms with Gasteiger partial charge in [0.05, 0.1) is 0 Å². The molecule has 2 atom stereocenters. The molecule has 0 amide bonds. The topological polar surface area (TPSA) is 52.6 Å². The van der Waals surface area contributed by atoms with Gasteiger partial charge in [0, 0.05) is 12.8 Å². The third-order valence-corrected chi connectivity index (χ3v) is 2.31. The Hall–Kier alpha value is -1.58. The Morgan fingerprint density at radius 2 is 1.28 bits per heavy atom. The zero-order valence-electron chi connectivity index (χ0n) is 11.2. The molecule has 0 fully saturated rings. The number of carbonyl (C=O) groups excluding carboxylic acids is 2. The minimum atomic E-state index is -0.268. The first-order valence-corrected chi connectivity index (χ1v) is 6.13. The van der Waals surface area contributed by atoms with Crippen LogP contribution >= 0.6 is 0 Å². The van der Waals surface area contributed by atoms with Gasteiger partial charge in [-0.25, -0.2) is 0 Å². The first-order valence-electron chi connectivity index (χ1n) is 6.13. The van der Waals surface area contributed by atoms with E-state index in [9.17, 15) is 9.59 Å². The first kappa shape index (κ1) is 16.4. The number of hydrogen-bond donors (Lipinski definition) is 0. The van der Waals surface area contributed by atoms with Crippen LogP contribution in [0.15, 0.2) is 25.3 Å². The Morgan fingerprint density at radius 1 is 0.944 bits per heavy atom. The van der Waals surface area contributed by atoms with Crippen LogP contribution < -0.4 is 0 Å². The largest absolute Gasteiger partial charge is 0.458 e. The van der Waals surface area contributed by atoms with E-state index in [0.717, 1.165) is 0 Å². The molecule has 0 rings (SSSR count). The summed E-state index contributed by atoms with van der Waals surface area (Å²) in [6.07, 6.45) is 4.43. The smallest absolute Gasteiger partial charge is 0.306 e. The second-order valence-electron chi connectivity index (χ2n) is 4.07. The van der Waals surface area contributed by atoms with E-state index in [1.165, 1.54) is 0 Å². The second-order valence-corrected chi connectivity index (χ2v) is 4.07. The Labute approximate surface area is 109 Å². The van der Waals surface area contributed by atoms with E-state index in [-0.39, 0.29) is 24.1 Å². The summed E-state index contributed by atoms with van der Waals surface area (Å²) in [5, 5.41) is 0. The van der Waals surface area contributed by atoms with E-state index in [0.29, 0.717) is 25.7 Å². The van der Waals surface area contributed by atoms with Gasteiger partial charge in [0.2, 0.25) is 0 Å². The molecule has 0 aliphatic carbocycles. The summed E-state index contributed by atoms with van der Waals surface area (Å²) in [5.41, 5.74) is 0. The molecule has 0 saturated heterocycles. The van der Waals surface area contributed by atoms with Crippen molar-refractivity contribution in [1.29, 1.82) is 0 Å². The molecule has 0 bridgehead atoms. The molecule has 0 aromatic carbocycles. The van der Waals surface area contributed by atoms with E-state index >= 15 is 0 Å². The molecule has 0 aromatic heterocycles. The van der Waals surface area contributed by atoms with Gasteiger partial charge in [0.25, 0.3) is 0 Å². The molecule has 0 aliphatic rings. The quantitative estimate of drug-likeness (QED) is 0.360. The van der Waals surface area contributed by atoms with Crippen LogP contribution in [0.4, 0.5) is 0 Å². The number of unbranched alkanes of at least 4 members (excludes halogenated alkanes) is 1. The lowest BCUT2D eigenvalue weighted by Gasteiger charge is -2.09. The molecule has 0 N–H and O–H groups in total. The zero-order valence-corrected chi connectivity index (χ0v) is 11.2. The monoisotopic (exact) mass is 254 g/mol. The number of ether oxygens (including phenoxy) is 2. The predicted molar refractivity (Wildman–Crippen MR) is 70.0 cm³/mol. The molecule has 2 unspecified atom stereocenters. The Morgan fingerprint density at radius 3 is 1.56 bits per heavy atom. The lowest BCUT2D eigenvalue weighted by Crippen LogP contribution is -2.13. The van der Waals surface area contributed by atoms with Crippen molar-refractivity contribution in [2.45, 2.75) is 51.7 Å². The standard InChI is InChI=1S/C14H22O4/c1-5-11(3)17-13(15)9-7-8-10-14(16)18-12(4)6-2/h5-6,11-12H,1-2,7-10H2,3-4H3. The summed E-state index contributed by atoms with van der Waals surface area (Å²) < 4.78 is 10.0. The second kappa shape index (κ2) is 9.45. The van der Waals surface area contributed by atoms with E-state index in [1.807, 2.05) is 0 Å². The summed E-state index contributed by atoms with van der Waals surface area (Å²) in [6.45, 7) is 10.5. The van der Waals surface area contributed by atoms with Crippen LogP contribution in [-0.2, 0) is 19.1 Å². The highest BCUT2D eigenvalue weighted by atomic mass is 16.5. The molecule has 0 heterocycles. The molecule has 18 heavy (non-hydrogen) atoms. The molecule has 0 saturated carbocycles. The van der Waals surface area contributed by atoms with Crippen LogP contribution in [-0.4, -0.2) is 24.1 Å². The van der Waals surface area contributed by atoms with Crippen LogP contribution in [0.1, 0.15) is 39.5 Å². The normalized spacial score (nSPS) is 13.2. The maximum atomic E-state index is 11.3. The SMILES string of the molecule is C=CC(C)OC(=O)CCCCC(=O)OC(C)C=C. The highest BCUT2D eigenvalue weighted by molar-refractivity contribution is 5.71. The summed E-state index contributed by atoms with van der Waals surface area (Å²) in [7, 11) is 0. The van der Waals surface area contributed by atoms with E-state index < -0.39 is 0 Å². The lowest BCUT2D eigenvalue weighted by molar-refractivity contribution is -0.148. The number of carbonyl (C=O) groups is 2. The van der Waals surface area contributed by atoms with Gasteiger partial charge < -0.3 is 9.47 Å². The van der Waals surface area contributed by atoms with Crippen LogP contribution in [0.2, 0.25) is 0 Å². The van der Waals surface area contributed by atoms with Crippen LogP contribution in [0.3, 0.4) is 0 Å². The van der Waals surface area contributed by atoms with Gasteiger partial charge >= 0.3 is 11.9 Å². The third kappa shape index (κ3) is 8.56. The predicted octanol–water partition coefficient (Wildman–Crippen LogP) is 2.78. The fraction of sp³-hybridized carbons (Fsp3) is 0.571. The van der Waals surface area contributed by atoms with Gasteiger partial charge in [0.1, 0.15) is 12.2 Å². The fourth-order valence-corrected chi connectivity index (χ4v) is 1.17. The molecular weight excluding hydrogens is 232 g/mol. The minimum absolute atomic E-state index is 0.268. The average Bonchev–Trinajstić information content (AvgIpc) is 2.34. The minimum Gasteiger partial charge on any atom is -0.458 e. The molecular formula is C14H22O4. The fourth-order valence-electron chi connectivity index (χ4n) is 1.17. The Kier molecular flexibility index (Phi) is 8.62. The van der Waals surface area contributed by atoms with Crippen molar-refractivity contribution in [3.05, 3.63) is 25.3 Å². The molecule has 0 aromatic rings. The molecule has 0 aliphatic heterocycles. The van der Waals surface area contributed by atoms with Crippen LogP contribution in [0.25, 0.3) is 0 Å². The number of hydrogen-bond acceptors (Lipinski definition) is 4. The molecule has 4 nitrogen and oxygen atoms in total. The maximum Gasteiger partial charge on any atom is 0.306 e. The highest BCUT2D eigenvalue weighted by Gasteiger charge is 2.09. The zero-order chi connectivity index (χ0) is 14.0. The van der Waals surface area contributed by atoms with Gasteiger partial charge in [-0.1, -0.05) is 25.3 Å². The molecule has 102 valence electrons. The molecule has 4 heteroatoms. The van der Waals surface area contributed by atoms with Gasteiger partial charge in [-0.05, 0) is 26.7 Å². The van der Waals surface area contributed by atoms with Crippen molar-refractivity contribution in [3.63, 3.8) is 0 Å². The van der Waals surface area contributed by atoms with Crippen LogP contribution in [0.5, 0.6) is 0 Å². The molecule has 0 radical (unpaired) electrons. The highest BCUT2D eigenvalue weighted by Crippen LogP contribution is 2.05. The molecule has 0 spiro atoms. The number of rotatable bonds is 9. The summed E-state index contributed by atoms with van der Waals surface area (Å²) in [5.74, 6) is -0.537. The van der Waals surface area contributed by atoms with Gasteiger partial charge in [0.15, 0.2) is 0 Å². The van der Waals surface area contributed by atoms with Gasteiger partial charge in [-0.2, -0.15) is 0 Å². The Bertz CT molecular complexity index is 266. The van der Waals surface area contributed by atoms with Crippen molar-refractivity contribution in [1.82, 2.24) is 0 Å². The average molecular weight is 254 g/mol. The summed E-state index contributed by atoms with van der Waals surface area (Å²) in [4.78, 5) is 22.6. The van der Waals surface area contributed by atoms with Gasteiger partial charge in [-0.3, -0.25) is 9.59 Å². The van der Waals surface area contributed by atoms with Crippen molar-refractivity contribution in [2.75, 3.05) is 0 Å². The van der Waals surface area contributed by atoms with Crippen molar-refractivity contribution >= 4 is 11.9 Å². The maximum absolute atomic E-state index is 11.3. The third-order valence-electron chi connectivity index (χ3n) is 2.31. The first-order chi connectivity index (χ1) is 8.49. The lowest BCUT2D eigenvalue weighted by atomic mass is 10.2. The van der Waals surface area contributed by atoms with E-state index in [4.69, 9.17) is 9.47 Å². The van der Waals surface area contributed by atoms with E-state index in [2.05, 4.69) is 13.2 Å². The summed E-state index contributed by atoms with van der Waals surface area (Å²) >= 11 is 0. The van der Waals surface area contributed by atoms with Crippen LogP contribution in [0, 0.1) is 0 Å². The summed E-state index contributed by atoms with van der Waals surface area (Å²) in [6, 6.07) is 0.